The van der Waals surface area contributed by atoms with Crippen molar-refractivity contribution in [2.24, 2.45) is 20.7 Å². The third kappa shape index (κ3) is 5.68. The molecule has 47 heavy (non-hydrogen) atoms. The molecule has 16 heteroatoms. The summed E-state index contributed by atoms with van der Waals surface area (Å²) < 4.78 is 23.5. The number of hydrogen-bond acceptors (Lipinski definition) is 15. The van der Waals surface area contributed by atoms with Gasteiger partial charge in [-0.3, -0.25) is 14.7 Å². The van der Waals surface area contributed by atoms with Gasteiger partial charge in [-0.25, -0.2) is 4.79 Å². The molecule has 16 nitrogen and oxygen atoms in total. The van der Waals surface area contributed by atoms with Crippen molar-refractivity contribution in [3.05, 3.63) is 47.0 Å². The van der Waals surface area contributed by atoms with Crippen LogP contribution in [0, 0.1) is 0 Å². The lowest BCUT2D eigenvalue weighted by Gasteiger charge is -2.34. The fraction of sp³-hybridized carbons (Fsp3) is 0.452. The number of benzene rings is 1. The Morgan fingerprint density at radius 1 is 1.30 bits per heavy atom. The van der Waals surface area contributed by atoms with Crippen LogP contribution in [-0.4, -0.2) is 106 Å². The number of amidine groups is 1. The van der Waals surface area contributed by atoms with E-state index in [-0.39, 0.29) is 62.4 Å². The summed E-state index contributed by atoms with van der Waals surface area (Å²) in [6, 6.07) is 0. The number of nitrogens with zero attached hydrogens (tertiary/aromatic N) is 5. The molecule has 5 aliphatic heterocycles. The van der Waals surface area contributed by atoms with E-state index in [4.69, 9.17) is 24.7 Å². The summed E-state index contributed by atoms with van der Waals surface area (Å²) in [6.07, 6.45) is 6.76. The minimum atomic E-state index is -1.29. The molecular weight excluding hydrogens is 614 g/mol. The number of methoxy groups -OCH3 is 1. The number of nitrogens with one attached hydrogen (secondary N) is 1. The van der Waals surface area contributed by atoms with Crippen LogP contribution in [0.2, 0.25) is 0 Å². The third-order valence-electron chi connectivity index (χ3n) is 8.51. The fourth-order valence-corrected chi connectivity index (χ4v) is 6.22. The van der Waals surface area contributed by atoms with Gasteiger partial charge in [0.25, 0.3) is 0 Å². The van der Waals surface area contributed by atoms with Crippen LogP contribution in [0.5, 0.6) is 17.2 Å². The number of nitrogens with two attached hydrogens (primary N) is 1. The number of allylic oxidation sites excluding steroid dienone is 2. The average molecular weight is 652 g/mol. The number of amides is 1. The summed E-state index contributed by atoms with van der Waals surface area (Å²) in [4.78, 5) is 41.2. The lowest BCUT2D eigenvalue weighted by atomic mass is 9.88. The maximum absolute atomic E-state index is 13.0. The Hall–Kier alpha value is -4.93. The number of ether oxygens (including phenoxy) is 4. The molecule has 3 unspecified atom stereocenters. The number of aliphatic hydroxyl groups excluding tert-OH is 2. The molecule has 0 fully saturated rings. The first-order chi connectivity index (χ1) is 22.6. The predicted octanol–water partition coefficient (Wildman–Crippen LogP) is -0.135. The molecular formula is C31H37N7O9. The van der Waals surface area contributed by atoms with Gasteiger partial charge in [-0.15, -0.1) is 0 Å². The minimum absolute atomic E-state index is 0.0806. The molecule has 1 amide bonds. The number of esters is 1. The van der Waals surface area contributed by atoms with E-state index in [1.54, 1.807) is 31.0 Å². The van der Waals surface area contributed by atoms with E-state index in [9.17, 15) is 24.9 Å². The number of rotatable bonds is 11. The Kier molecular flexibility index (Phi) is 8.65. The Balaban J connectivity index is 1.38. The van der Waals surface area contributed by atoms with Crippen LogP contribution in [0.4, 0.5) is 0 Å². The van der Waals surface area contributed by atoms with Crippen molar-refractivity contribution in [2.45, 2.75) is 57.7 Å². The van der Waals surface area contributed by atoms with Gasteiger partial charge in [-0.1, -0.05) is 6.08 Å². The summed E-state index contributed by atoms with van der Waals surface area (Å²) in [5, 5.41) is 34.4. The first-order valence-corrected chi connectivity index (χ1v) is 15.2. The molecule has 6 N–H and O–H groups in total. The van der Waals surface area contributed by atoms with Crippen molar-refractivity contribution in [3.8, 4) is 17.2 Å². The van der Waals surface area contributed by atoms with Crippen LogP contribution in [0.3, 0.4) is 0 Å². The Morgan fingerprint density at radius 2 is 2.11 bits per heavy atom. The molecule has 3 atom stereocenters. The highest BCUT2D eigenvalue weighted by molar-refractivity contribution is 6.69. The van der Waals surface area contributed by atoms with Gasteiger partial charge >= 0.3 is 11.9 Å². The smallest absolute Gasteiger partial charge is 0.374 e. The Bertz CT molecular complexity index is 1680. The van der Waals surface area contributed by atoms with Crippen LogP contribution >= 0.6 is 0 Å². The number of carbonyl (C=O) groups excluding carboxylic acids is 2. The van der Waals surface area contributed by atoms with Gasteiger partial charge in [-0.05, 0) is 38.3 Å². The SMILES string of the molecule is CCOC(=O)C1=CC(=CCN2C=CNC2N2CN=C3C(=O)N=C(N)N=C32)c2c(OC)c3c(c(CO)c2O1)OC(C(C)(O)CCCO)C3. The van der Waals surface area contributed by atoms with Gasteiger partial charge in [0.1, 0.15) is 30.0 Å². The fourth-order valence-electron chi connectivity index (χ4n) is 6.22. The second-order valence-corrected chi connectivity index (χ2v) is 11.5. The lowest BCUT2D eigenvalue weighted by molar-refractivity contribution is -0.141. The van der Waals surface area contributed by atoms with Gasteiger partial charge in [0, 0.05) is 37.5 Å². The zero-order valence-corrected chi connectivity index (χ0v) is 26.2. The molecule has 0 radical (unpaired) electrons. The number of fused-ring (bicyclic) bond motifs is 3. The first-order valence-electron chi connectivity index (χ1n) is 15.2. The van der Waals surface area contributed by atoms with Crippen LogP contribution in [0.15, 0.2) is 45.3 Å². The molecule has 0 saturated carbocycles. The molecule has 1 aromatic carbocycles. The predicted molar refractivity (Wildman–Crippen MR) is 168 cm³/mol. The number of carbonyl (C=O) groups is 2. The van der Waals surface area contributed by atoms with Gasteiger partial charge in [0.15, 0.2) is 17.8 Å². The molecule has 0 saturated heterocycles. The summed E-state index contributed by atoms with van der Waals surface area (Å²) in [7, 11) is 1.50. The zero-order valence-electron chi connectivity index (χ0n) is 26.2. The molecule has 6 rings (SSSR count). The largest absolute Gasteiger partial charge is 0.496 e. The van der Waals surface area contributed by atoms with Gasteiger partial charge in [0.2, 0.25) is 11.7 Å². The van der Waals surface area contributed by atoms with Crippen LogP contribution in [0.25, 0.3) is 5.57 Å². The quantitative estimate of drug-likeness (QED) is 0.198. The summed E-state index contributed by atoms with van der Waals surface area (Å²) in [5.74, 6) is -0.283. The highest BCUT2D eigenvalue weighted by Crippen LogP contribution is 2.53. The Morgan fingerprint density at radius 3 is 2.83 bits per heavy atom. The number of hydrogen-bond donors (Lipinski definition) is 5. The maximum atomic E-state index is 13.0. The minimum Gasteiger partial charge on any atom is -0.496 e. The van der Waals surface area contributed by atoms with Crippen molar-refractivity contribution >= 4 is 35.0 Å². The third-order valence-corrected chi connectivity index (χ3v) is 8.51. The zero-order chi connectivity index (χ0) is 33.5. The number of aliphatic hydroxyl groups is 3. The van der Waals surface area contributed by atoms with Crippen LogP contribution in [0.1, 0.15) is 43.4 Å². The maximum Gasteiger partial charge on any atom is 0.374 e. The van der Waals surface area contributed by atoms with E-state index in [1.165, 1.54) is 7.11 Å². The number of aliphatic imine (C=N–C) groups is 3. The highest BCUT2D eigenvalue weighted by Gasteiger charge is 2.44. The second kappa shape index (κ2) is 12.7. The van der Waals surface area contributed by atoms with Crippen molar-refractivity contribution < 1.29 is 43.9 Å². The molecule has 5 heterocycles. The monoisotopic (exact) mass is 651 g/mol. The summed E-state index contributed by atoms with van der Waals surface area (Å²) in [5.41, 5.74) is 6.58. The number of guanidine groups is 1. The van der Waals surface area contributed by atoms with E-state index >= 15 is 0 Å². The van der Waals surface area contributed by atoms with Crippen molar-refractivity contribution in [1.29, 1.82) is 0 Å². The van der Waals surface area contributed by atoms with Crippen molar-refractivity contribution in [3.63, 3.8) is 0 Å². The molecule has 0 bridgehead atoms. The van der Waals surface area contributed by atoms with Gasteiger partial charge in [-0.2, -0.15) is 9.98 Å². The standard InChI is InChI=1S/C31H37N7O9/c1-4-45-28(42)19-12-16(6-9-37-10-8-33-30(37)38-15-34-22-26(38)35-29(32)36-27(22)41)21-24(44-3)17-13-20(31(2,43)7-5-11-39)47-23(17)18(14-40)25(21)46-19/h6,8,10,12,20,30,33,39-40,43H,4-5,7,9,11,13-15H2,1-3H3,(H2,32,36,41). The topological polar surface area (TPSA) is 213 Å². The van der Waals surface area contributed by atoms with Crippen LogP contribution < -0.4 is 25.3 Å². The average Bonchev–Trinajstić information content (AvgIpc) is 3.80. The van der Waals surface area contributed by atoms with E-state index < -0.39 is 36.5 Å². The lowest BCUT2D eigenvalue weighted by Crippen LogP contribution is -2.53. The van der Waals surface area contributed by atoms with Crippen molar-refractivity contribution in [1.82, 2.24) is 15.1 Å². The van der Waals surface area contributed by atoms with E-state index in [0.29, 0.717) is 46.0 Å². The summed E-state index contributed by atoms with van der Waals surface area (Å²) >= 11 is 0. The van der Waals surface area contributed by atoms with Crippen LogP contribution in [-0.2, 0) is 27.4 Å². The van der Waals surface area contributed by atoms with E-state index in [1.807, 2.05) is 17.2 Å². The molecule has 0 aliphatic carbocycles. The first kappa shape index (κ1) is 32.0. The van der Waals surface area contributed by atoms with Gasteiger partial charge < -0.3 is 50.2 Å². The normalized spacial score (nSPS) is 23.0. The second-order valence-electron chi connectivity index (χ2n) is 11.5. The van der Waals surface area contributed by atoms with E-state index in [2.05, 4.69) is 20.3 Å². The summed E-state index contributed by atoms with van der Waals surface area (Å²) in [6.45, 7) is 3.31. The van der Waals surface area contributed by atoms with Crippen molar-refractivity contribution in [2.75, 3.05) is 33.5 Å². The highest BCUT2D eigenvalue weighted by atomic mass is 16.6. The molecule has 1 aromatic rings. The molecule has 250 valence electrons. The molecule has 0 aromatic heterocycles. The molecule has 0 spiro atoms. The van der Waals surface area contributed by atoms with Gasteiger partial charge in [0.05, 0.1) is 37.1 Å². The molecule has 5 aliphatic rings. The van der Waals surface area contributed by atoms with E-state index in [0.717, 1.165) is 0 Å². The Labute approximate surface area is 270 Å².